The van der Waals surface area contributed by atoms with Gasteiger partial charge in [0.05, 0.1) is 15.7 Å². The van der Waals surface area contributed by atoms with Crippen LogP contribution in [0.1, 0.15) is 15.9 Å². The van der Waals surface area contributed by atoms with Crippen molar-refractivity contribution in [3.63, 3.8) is 0 Å². The van der Waals surface area contributed by atoms with Crippen LogP contribution in [0.5, 0.6) is 5.75 Å². The zero-order valence-electron chi connectivity index (χ0n) is 15.4. The second kappa shape index (κ2) is 9.02. The van der Waals surface area contributed by atoms with Gasteiger partial charge in [-0.2, -0.15) is 0 Å². The van der Waals surface area contributed by atoms with Crippen LogP contribution in [-0.4, -0.2) is 34.6 Å². The number of carboxylic acid groups (broad SMARTS) is 1. The summed E-state index contributed by atoms with van der Waals surface area (Å²) in [6.45, 7) is 3.93. The fraction of sp³-hybridized carbons (Fsp3) is 0.0476. The van der Waals surface area contributed by atoms with Crippen molar-refractivity contribution in [1.29, 1.82) is 0 Å². The molecule has 0 aliphatic carbocycles. The van der Waals surface area contributed by atoms with Gasteiger partial charge in [-0.15, -0.1) is 0 Å². The molecule has 152 valence electrons. The Hall–Kier alpha value is -3.30. The van der Waals surface area contributed by atoms with Crippen LogP contribution in [0.25, 0.3) is 6.08 Å². The number of hydrogen-bond donors (Lipinski definition) is 2. The molecule has 30 heavy (non-hydrogen) atoms. The highest BCUT2D eigenvalue weighted by Gasteiger charge is 2.34. The molecule has 2 amide bonds. The predicted octanol–water partition coefficient (Wildman–Crippen LogP) is 3.54. The van der Waals surface area contributed by atoms with Crippen LogP contribution < -0.4 is 15.0 Å². The second-order valence-electron chi connectivity index (χ2n) is 6.10. The second-order valence-corrected chi connectivity index (χ2v) is 7.34. The molecule has 0 bridgehead atoms. The zero-order valence-corrected chi connectivity index (χ0v) is 17.8. The van der Waals surface area contributed by atoms with E-state index in [1.807, 2.05) is 0 Å². The van der Waals surface area contributed by atoms with E-state index in [-0.39, 0.29) is 21.9 Å². The molecule has 1 fully saturated rings. The Morgan fingerprint density at radius 1 is 1.27 bits per heavy atom. The van der Waals surface area contributed by atoms with Gasteiger partial charge in [-0.05, 0) is 70.1 Å². The highest BCUT2D eigenvalue weighted by molar-refractivity contribution is 9.10. The van der Waals surface area contributed by atoms with Crippen molar-refractivity contribution in [3.8, 4) is 5.75 Å². The Labute approximate surface area is 185 Å². The zero-order chi connectivity index (χ0) is 21.8. The van der Waals surface area contributed by atoms with Crippen molar-refractivity contribution in [1.82, 2.24) is 5.32 Å². The lowest BCUT2D eigenvalue weighted by Gasteiger charge is -2.29. The lowest BCUT2D eigenvalue weighted by atomic mass is 10.1. The Morgan fingerprint density at radius 2 is 2.03 bits per heavy atom. The van der Waals surface area contributed by atoms with E-state index in [1.54, 1.807) is 24.3 Å². The molecule has 2 aromatic carbocycles. The van der Waals surface area contributed by atoms with Crippen LogP contribution in [0.4, 0.5) is 5.69 Å². The predicted molar refractivity (Wildman–Crippen MR) is 119 cm³/mol. The summed E-state index contributed by atoms with van der Waals surface area (Å²) in [5, 5.41) is 11.5. The van der Waals surface area contributed by atoms with Crippen molar-refractivity contribution >= 4 is 62.8 Å². The SMILES string of the molecule is C=CCOc1ccc(C=C2C(=O)NC(=S)N(c3cccc(C(=O)O)c3)C2=O)cc1Br. The van der Waals surface area contributed by atoms with E-state index in [9.17, 15) is 19.5 Å². The number of hydrogen-bond acceptors (Lipinski definition) is 5. The Balaban J connectivity index is 1.96. The van der Waals surface area contributed by atoms with Gasteiger partial charge in [0.1, 0.15) is 17.9 Å². The number of anilines is 1. The molecule has 0 aromatic heterocycles. The fourth-order valence-electron chi connectivity index (χ4n) is 2.71. The first-order valence-corrected chi connectivity index (χ1v) is 9.80. The van der Waals surface area contributed by atoms with Crippen molar-refractivity contribution < 1.29 is 24.2 Å². The van der Waals surface area contributed by atoms with E-state index < -0.39 is 17.8 Å². The number of amides is 2. The topological polar surface area (TPSA) is 95.9 Å². The summed E-state index contributed by atoms with van der Waals surface area (Å²) >= 11 is 8.53. The normalized spacial score (nSPS) is 15.2. The fourth-order valence-corrected chi connectivity index (χ4v) is 3.50. The first kappa shape index (κ1) is 21.4. The van der Waals surface area contributed by atoms with E-state index in [4.69, 9.17) is 17.0 Å². The number of nitrogens with one attached hydrogen (secondary N) is 1. The van der Waals surface area contributed by atoms with Crippen LogP contribution in [0.15, 0.2) is 65.2 Å². The van der Waals surface area contributed by atoms with Crippen molar-refractivity contribution in [2.45, 2.75) is 0 Å². The molecule has 0 radical (unpaired) electrons. The largest absolute Gasteiger partial charge is 0.488 e. The van der Waals surface area contributed by atoms with Crippen molar-refractivity contribution in [3.05, 3.63) is 76.3 Å². The number of carboxylic acids is 1. The first-order valence-electron chi connectivity index (χ1n) is 8.60. The minimum absolute atomic E-state index is 0.00965. The third-order valence-electron chi connectivity index (χ3n) is 4.08. The van der Waals surface area contributed by atoms with Gasteiger partial charge in [0, 0.05) is 0 Å². The molecule has 2 aromatic rings. The first-order chi connectivity index (χ1) is 14.3. The number of ether oxygens (including phenoxy) is 1. The van der Waals surface area contributed by atoms with Crippen LogP contribution in [-0.2, 0) is 9.59 Å². The lowest BCUT2D eigenvalue weighted by molar-refractivity contribution is -0.122. The molecule has 1 aliphatic rings. The van der Waals surface area contributed by atoms with Gasteiger partial charge in [0.25, 0.3) is 11.8 Å². The molecular formula is C21H15BrN2O5S. The maximum atomic E-state index is 13.0. The van der Waals surface area contributed by atoms with E-state index in [0.717, 1.165) is 4.90 Å². The summed E-state index contributed by atoms with van der Waals surface area (Å²) in [7, 11) is 0. The number of benzene rings is 2. The smallest absolute Gasteiger partial charge is 0.335 e. The molecule has 1 heterocycles. The molecule has 0 atom stereocenters. The number of rotatable bonds is 6. The summed E-state index contributed by atoms with van der Waals surface area (Å²) in [5.74, 6) is -1.85. The molecule has 0 saturated carbocycles. The van der Waals surface area contributed by atoms with Gasteiger partial charge < -0.3 is 9.84 Å². The van der Waals surface area contributed by atoms with Gasteiger partial charge in [-0.3, -0.25) is 19.8 Å². The minimum Gasteiger partial charge on any atom is -0.488 e. The highest BCUT2D eigenvalue weighted by Crippen LogP contribution is 2.28. The number of carbonyl (C=O) groups is 3. The molecule has 7 nitrogen and oxygen atoms in total. The molecule has 3 rings (SSSR count). The lowest BCUT2D eigenvalue weighted by Crippen LogP contribution is -2.54. The summed E-state index contributed by atoms with van der Waals surface area (Å²) in [6, 6.07) is 10.8. The van der Waals surface area contributed by atoms with Gasteiger partial charge in [-0.25, -0.2) is 4.79 Å². The number of carbonyl (C=O) groups excluding carboxylic acids is 2. The number of halogens is 1. The molecule has 9 heteroatoms. The number of aromatic carboxylic acids is 1. The third-order valence-corrected chi connectivity index (χ3v) is 4.98. The number of thiocarbonyl (C=S) groups is 1. The average Bonchev–Trinajstić information content (AvgIpc) is 2.70. The third kappa shape index (κ3) is 4.47. The maximum absolute atomic E-state index is 13.0. The molecule has 0 spiro atoms. The van der Waals surface area contributed by atoms with E-state index >= 15 is 0 Å². The maximum Gasteiger partial charge on any atom is 0.335 e. The standard InChI is InChI=1S/C21H15BrN2O5S/c1-2-8-29-17-7-6-12(10-16(17)22)9-15-18(25)23-21(30)24(19(15)26)14-5-3-4-13(11-14)20(27)28/h2-7,9-11H,1,8H2,(H,27,28)(H,23,25,30). The van der Waals surface area contributed by atoms with Crippen LogP contribution in [0.2, 0.25) is 0 Å². The summed E-state index contributed by atoms with van der Waals surface area (Å²) in [6.07, 6.45) is 3.04. The van der Waals surface area contributed by atoms with Crippen LogP contribution in [0.3, 0.4) is 0 Å². The molecule has 1 saturated heterocycles. The van der Waals surface area contributed by atoms with E-state index in [1.165, 1.54) is 30.3 Å². The van der Waals surface area contributed by atoms with Gasteiger partial charge >= 0.3 is 5.97 Å². The molecule has 0 unspecified atom stereocenters. The molecular weight excluding hydrogens is 472 g/mol. The molecule has 1 aliphatic heterocycles. The Morgan fingerprint density at radius 3 is 2.70 bits per heavy atom. The van der Waals surface area contributed by atoms with E-state index in [2.05, 4.69) is 27.8 Å². The monoisotopic (exact) mass is 486 g/mol. The Kier molecular flexibility index (Phi) is 6.43. The van der Waals surface area contributed by atoms with E-state index in [0.29, 0.717) is 22.4 Å². The quantitative estimate of drug-likeness (QED) is 0.280. The van der Waals surface area contributed by atoms with Crippen molar-refractivity contribution in [2.75, 3.05) is 11.5 Å². The molecule has 2 N–H and O–H groups in total. The minimum atomic E-state index is -1.14. The number of nitrogens with zero attached hydrogens (tertiary/aromatic N) is 1. The van der Waals surface area contributed by atoms with Gasteiger partial charge in [0.15, 0.2) is 5.11 Å². The summed E-state index contributed by atoms with van der Waals surface area (Å²) in [4.78, 5) is 37.8. The van der Waals surface area contributed by atoms with Crippen molar-refractivity contribution in [2.24, 2.45) is 0 Å². The highest BCUT2D eigenvalue weighted by atomic mass is 79.9. The summed E-state index contributed by atoms with van der Waals surface area (Å²) < 4.78 is 6.13. The van der Waals surface area contributed by atoms with Crippen LogP contribution in [0, 0.1) is 0 Å². The van der Waals surface area contributed by atoms with Crippen LogP contribution >= 0.6 is 28.1 Å². The summed E-state index contributed by atoms with van der Waals surface area (Å²) in [5.41, 5.74) is 0.670. The average molecular weight is 487 g/mol. The Bertz CT molecular complexity index is 1110. The van der Waals surface area contributed by atoms with Gasteiger partial charge in [-0.1, -0.05) is 24.8 Å². The van der Waals surface area contributed by atoms with Gasteiger partial charge in [0.2, 0.25) is 0 Å².